The van der Waals surface area contributed by atoms with Gasteiger partial charge in [0.1, 0.15) is 24.0 Å². The molecule has 5 heteroatoms. The zero-order valence-electron chi connectivity index (χ0n) is 12.0. The van der Waals surface area contributed by atoms with Gasteiger partial charge in [0.2, 0.25) is 0 Å². The number of hydrogen-bond donors (Lipinski definition) is 0. The molecular weight excluding hydrogens is 270 g/mol. The van der Waals surface area contributed by atoms with E-state index in [9.17, 15) is 4.79 Å². The maximum Gasteiger partial charge on any atom is 0.316 e. The molecule has 0 saturated carbocycles. The highest BCUT2D eigenvalue weighted by molar-refractivity contribution is 5.78. The fourth-order valence-corrected chi connectivity index (χ4v) is 1.90. The highest BCUT2D eigenvalue weighted by Crippen LogP contribution is 2.22. The Morgan fingerprint density at radius 2 is 2.00 bits per heavy atom. The van der Waals surface area contributed by atoms with Crippen LogP contribution in [-0.2, 0) is 9.53 Å². The molecule has 0 saturated heterocycles. The van der Waals surface area contributed by atoms with Crippen molar-refractivity contribution in [2.75, 3.05) is 20.8 Å². The van der Waals surface area contributed by atoms with Gasteiger partial charge in [-0.25, -0.2) is 0 Å². The van der Waals surface area contributed by atoms with Gasteiger partial charge in [-0.2, -0.15) is 0 Å². The van der Waals surface area contributed by atoms with Crippen molar-refractivity contribution in [2.24, 2.45) is 0 Å². The average molecular weight is 287 g/mol. The van der Waals surface area contributed by atoms with Gasteiger partial charge < -0.3 is 14.2 Å². The predicted molar refractivity (Wildman–Crippen MR) is 77.5 cm³/mol. The number of rotatable bonds is 6. The van der Waals surface area contributed by atoms with Crippen molar-refractivity contribution >= 4 is 5.97 Å². The molecule has 1 aromatic carbocycles. The van der Waals surface area contributed by atoms with Gasteiger partial charge in [0.25, 0.3) is 0 Å². The van der Waals surface area contributed by atoms with Crippen molar-refractivity contribution in [3.63, 3.8) is 0 Å². The van der Waals surface area contributed by atoms with E-state index < -0.39 is 5.92 Å². The predicted octanol–water partition coefficient (Wildman–Crippen LogP) is 2.43. The fraction of sp³-hybridized carbons (Fsp3) is 0.250. The molecule has 2 aromatic rings. The second kappa shape index (κ2) is 7.28. The molecule has 0 aliphatic rings. The molecule has 0 amide bonds. The molecule has 1 atom stereocenters. The lowest BCUT2D eigenvalue weighted by molar-refractivity contribution is -0.143. The van der Waals surface area contributed by atoms with Crippen LogP contribution in [0.3, 0.4) is 0 Å². The van der Waals surface area contributed by atoms with E-state index in [-0.39, 0.29) is 12.6 Å². The van der Waals surface area contributed by atoms with Gasteiger partial charge in [0.05, 0.1) is 14.2 Å². The molecule has 21 heavy (non-hydrogen) atoms. The highest BCUT2D eigenvalue weighted by Gasteiger charge is 2.22. The quantitative estimate of drug-likeness (QED) is 0.764. The minimum Gasteiger partial charge on any atom is -0.497 e. The minimum absolute atomic E-state index is 0.172. The molecule has 2 rings (SSSR count). The Hall–Kier alpha value is -2.56. The minimum atomic E-state index is -0.519. The van der Waals surface area contributed by atoms with Crippen LogP contribution in [0.1, 0.15) is 11.5 Å². The van der Waals surface area contributed by atoms with Gasteiger partial charge in [-0.1, -0.05) is 12.1 Å². The van der Waals surface area contributed by atoms with E-state index in [1.165, 1.54) is 7.11 Å². The van der Waals surface area contributed by atoms with Gasteiger partial charge >= 0.3 is 5.97 Å². The van der Waals surface area contributed by atoms with Crippen molar-refractivity contribution in [1.29, 1.82) is 0 Å². The number of carbonyl (C=O) groups excluding carboxylic acids is 1. The number of esters is 1. The maximum absolute atomic E-state index is 11.9. The van der Waals surface area contributed by atoms with E-state index >= 15 is 0 Å². The van der Waals surface area contributed by atoms with Gasteiger partial charge in [-0.15, -0.1) is 0 Å². The van der Waals surface area contributed by atoms with E-state index in [2.05, 4.69) is 4.98 Å². The summed E-state index contributed by atoms with van der Waals surface area (Å²) < 4.78 is 15.6. The van der Waals surface area contributed by atoms with E-state index in [4.69, 9.17) is 14.2 Å². The summed E-state index contributed by atoms with van der Waals surface area (Å²) >= 11 is 0. The van der Waals surface area contributed by atoms with Gasteiger partial charge in [0, 0.05) is 18.5 Å². The monoisotopic (exact) mass is 287 g/mol. The van der Waals surface area contributed by atoms with Crippen LogP contribution in [0.25, 0.3) is 0 Å². The molecular formula is C16H17NO4. The molecule has 0 bridgehead atoms. The zero-order chi connectivity index (χ0) is 15.1. The summed E-state index contributed by atoms with van der Waals surface area (Å²) in [6.07, 6.45) is 3.29. The molecule has 5 nitrogen and oxygen atoms in total. The number of hydrogen-bond acceptors (Lipinski definition) is 5. The second-order valence-corrected chi connectivity index (χ2v) is 4.35. The molecule has 110 valence electrons. The summed E-state index contributed by atoms with van der Waals surface area (Å²) in [5.74, 6) is 0.455. The topological polar surface area (TPSA) is 57.7 Å². The van der Waals surface area contributed by atoms with Crippen LogP contribution in [0.5, 0.6) is 11.5 Å². The zero-order valence-corrected chi connectivity index (χ0v) is 12.0. The number of benzene rings is 1. The van der Waals surface area contributed by atoms with Crippen molar-refractivity contribution in [1.82, 2.24) is 4.98 Å². The summed E-state index contributed by atoms with van der Waals surface area (Å²) in [7, 11) is 2.95. The largest absolute Gasteiger partial charge is 0.497 e. The van der Waals surface area contributed by atoms with Gasteiger partial charge in [0.15, 0.2) is 0 Å². The molecule has 1 heterocycles. The summed E-state index contributed by atoms with van der Waals surface area (Å²) in [6, 6.07) is 10.8. The Labute approximate surface area is 123 Å². The second-order valence-electron chi connectivity index (χ2n) is 4.35. The summed E-state index contributed by atoms with van der Waals surface area (Å²) in [4.78, 5) is 15.9. The molecule has 0 aliphatic carbocycles. The Balaban J connectivity index is 2.11. The SMILES string of the molecule is COC(=O)C(COc1cccc(OC)c1)c1cccnc1. The maximum atomic E-state index is 11.9. The fourth-order valence-electron chi connectivity index (χ4n) is 1.90. The van der Waals surface area contributed by atoms with E-state index in [1.807, 2.05) is 18.2 Å². The Bertz CT molecular complexity index is 586. The molecule has 1 aromatic heterocycles. The van der Waals surface area contributed by atoms with Crippen LogP contribution in [-0.4, -0.2) is 31.8 Å². The van der Waals surface area contributed by atoms with Crippen LogP contribution < -0.4 is 9.47 Å². The number of aromatic nitrogens is 1. The average Bonchev–Trinajstić information content (AvgIpc) is 2.56. The number of nitrogens with zero attached hydrogens (tertiary/aromatic N) is 1. The summed E-state index contributed by atoms with van der Waals surface area (Å²) in [5.41, 5.74) is 0.757. The van der Waals surface area contributed by atoms with Crippen molar-refractivity contribution in [2.45, 2.75) is 5.92 Å². The first-order valence-corrected chi connectivity index (χ1v) is 6.49. The first-order chi connectivity index (χ1) is 10.2. The smallest absolute Gasteiger partial charge is 0.316 e. The first-order valence-electron chi connectivity index (χ1n) is 6.49. The van der Waals surface area contributed by atoms with E-state index in [0.717, 1.165) is 5.56 Å². The van der Waals surface area contributed by atoms with Crippen LogP contribution in [0, 0.1) is 0 Å². The number of ether oxygens (including phenoxy) is 3. The van der Waals surface area contributed by atoms with E-state index in [1.54, 1.807) is 37.7 Å². The van der Waals surface area contributed by atoms with Crippen LogP contribution >= 0.6 is 0 Å². The van der Waals surface area contributed by atoms with E-state index in [0.29, 0.717) is 11.5 Å². The summed E-state index contributed by atoms with van der Waals surface area (Å²) in [5, 5.41) is 0. The Kier molecular flexibility index (Phi) is 5.15. The highest BCUT2D eigenvalue weighted by atomic mass is 16.5. The molecule has 0 radical (unpaired) electrons. The molecule has 0 N–H and O–H groups in total. The molecule has 1 unspecified atom stereocenters. The Morgan fingerprint density at radius 1 is 1.19 bits per heavy atom. The third kappa shape index (κ3) is 3.95. The van der Waals surface area contributed by atoms with Gasteiger partial charge in [-0.3, -0.25) is 9.78 Å². The number of carbonyl (C=O) groups is 1. The van der Waals surface area contributed by atoms with Crippen LogP contribution in [0.4, 0.5) is 0 Å². The lowest BCUT2D eigenvalue weighted by atomic mass is 10.0. The molecule has 0 spiro atoms. The van der Waals surface area contributed by atoms with Crippen LogP contribution in [0.15, 0.2) is 48.8 Å². The lowest BCUT2D eigenvalue weighted by Crippen LogP contribution is -2.21. The number of pyridine rings is 1. The third-order valence-corrected chi connectivity index (χ3v) is 3.03. The van der Waals surface area contributed by atoms with Crippen molar-refractivity contribution in [3.8, 4) is 11.5 Å². The third-order valence-electron chi connectivity index (χ3n) is 3.03. The standard InChI is InChI=1S/C16H17NO4/c1-19-13-6-3-7-14(9-13)21-11-15(16(18)20-2)12-5-4-8-17-10-12/h3-10,15H,11H2,1-2H3. The van der Waals surface area contributed by atoms with Crippen molar-refractivity contribution < 1.29 is 19.0 Å². The lowest BCUT2D eigenvalue weighted by Gasteiger charge is -2.16. The normalized spacial score (nSPS) is 11.5. The molecule has 0 aliphatic heterocycles. The molecule has 0 fully saturated rings. The van der Waals surface area contributed by atoms with Gasteiger partial charge in [-0.05, 0) is 23.8 Å². The van der Waals surface area contributed by atoms with Crippen molar-refractivity contribution in [3.05, 3.63) is 54.4 Å². The van der Waals surface area contributed by atoms with Crippen LogP contribution in [0.2, 0.25) is 0 Å². The first kappa shape index (κ1) is 14.8. The Morgan fingerprint density at radius 3 is 2.67 bits per heavy atom. The number of methoxy groups -OCH3 is 2. The summed E-state index contributed by atoms with van der Waals surface area (Å²) in [6.45, 7) is 0.172.